The molecule has 0 aliphatic carbocycles. The van der Waals surface area contributed by atoms with E-state index in [2.05, 4.69) is 52.8 Å². The number of carbonyl (C=O) groups excluding carboxylic acids is 5. The van der Waals surface area contributed by atoms with Gasteiger partial charge < -0.3 is 71.7 Å². The molecule has 2 aromatic heterocycles. The highest BCUT2D eigenvalue weighted by Crippen LogP contribution is 1.98. The van der Waals surface area contributed by atoms with Crippen molar-refractivity contribution >= 4 is 68.1 Å². The van der Waals surface area contributed by atoms with Crippen LogP contribution in [-0.2, 0) is 14.4 Å². The minimum Gasteiger partial charge on any atom is -0.368 e. The molecule has 21 heteroatoms. The van der Waals surface area contributed by atoms with E-state index < -0.39 is 12.1 Å². The average molecular weight is 462 g/mol. The Morgan fingerprint density at radius 3 is 0.531 bits per heavy atom. The lowest BCUT2D eigenvalue weighted by Crippen LogP contribution is -2.18. The summed E-state index contributed by atoms with van der Waals surface area (Å²) in [6.07, 6.45) is 0. The molecule has 0 spiro atoms. The number of aromatic nitrogens is 6. The zero-order chi connectivity index (χ0) is 26.9. The predicted molar refractivity (Wildman–Crippen MR) is 115 cm³/mol. The molecule has 0 fully saturated rings. The lowest BCUT2D eigenvalue weighted by Gasteiger charge is -1.93. The van der Waals surface area contributed by atoms with Crippen LogP contribution in [0.15, 0.2) is 0 Å². The average Bonchev–Trinajstić information content (AvgIpc) is 2.64. The van der Waals surface area contributed by atoms with Crippen molar-refractivity contribution < 1.29 is 24.0 Å². The number of hydrogen-bond acceptors (Lipinski definition) is 17. The van der Waals surface area contributed by atoms with Crippen molar-refractivity contribution in [3.8, 4) is 0 Å². The molecule has 180 valence electrons. The van der Waals surface area contributed by atoms with Crippen molar-refractivity contribution in [1.29, 1.82) is 0 Å². The van der Waals surface area contributed by atoms with E-state index in [1.807, 2.05) is 20.4 Å². The molecule has 0 radical (unpaired) electrons. The van der Waals surface area contributed by atoms with E-state index in [4.69, 9.17) is 58.4 Å². The first-order valence-corrected chi connectivity index (χ1v) is 6.84. The third-order valence-electron chi connectivity index (χ3n) is 1.37. The molecule has 2 rings (SSSR count). The van der Waals surface area contributed by atoms with Gasteiger partial charge in [0.05, 0.1) is 0 Å². The highest BCUT2D eigenvalue weighted by molar-refractivity contribution is 5.69. The lowest BCUT2D eigenvalue weighted by atomic mass is 10.9. The van der Waals surface area contributed by atoms with Crippen LogP contribution in [0.3, 0.4) is 0 Å². The normalized spacial score (nSPS) is 7.12. The van der Waals surface area contributed by atoms with Crippen LogP contribution in [0.5, 0.6) is 0 Å². The second-order valence-electron chi connectivity index (χ2n) is 3.62. The number of rotatable bonds is 0. The van der Waals surface area contributed by atoms with Gasteiger partial charge in [-0.25, -0.2) is 9.59 Å². The minimum absolute atomic E-state index is 0.0417. The fourth-order valence-corrected chi connectivity index (χ4v) is 0.854. The van der Waals surface area contributed by atoms with Crippen LogP contribution in [0, 0.1) is 0 Å². The first-order chi connectivity index (χ1) is 14.8. The summed E-state index contributed by atoms with van der Waals surface area (Å²) in [6.45, 7) is 6.00. The quantitative estimate of drug-likeness (QED) is 0.174. The fraction of sp³-hybridized carbons (Fsp3) is 0. The Morgan fingerprint density at radius 1 is 0.406 bits per heavy atom. The molecule has 4 amide bonds. The van der Waals surface area contributed by atoms with E-state index in [9.17, 15) is 0 Å². The monoisotopic (exact) mass is 462 g/mol. The Bertz CT molecular complexity index is 603. The molecule has 0 saturated carbocycles. The van der Waals surface area contributed by atoms with Crippen LogP contribution < -0.4 is 57.3 Å². The fourth-order valence-electron chi connectivity index (χ4n) is 0.854. The minimum atomic E-state index is -0.833. The number of urea groups is 2. The Hall–Kier alpha value is -5.63. The van der Waals surface area contributed by atoms with Crippen molar-refractivity contribution in [2.45, 2.75) is 0 Å². The standard InChI is InChI=1S/2C3H6N6.2CH4N2O.3CH2O/c2*4-1-7-2(5)9-3(6)8-1;2*2-1(3)4;3*1-2/h2*(H6,4,5,6,7,8,9);2*(H4,2,3,4);3*1H2. The van der Waals surface area contributed by atoms with Gasteiger partial charge in [-0.15, -0.1) is 0 Å². The van der Waals surface area contributed by atoms with Gasteiger partial charge in [-0.1, -0.05) is 0 Å². The molecule has 0 aliphatic heterocycles. The number of hydrogen-bond donors (Lipinski definition) is 10. The number of amides is 4. The maximum Gasteiger partial charge on any atom is 0.309 e. The van der Waals surface area contributed by atoms with Gasteiger partial charge >= 0.3 is 12.1 Å². The molecule has 0 bridgehead atoms. The van der Waals surface area contributed by atoms with Crippen molar-refractivity contribution in [2.24, 2.45) is 22.9 Å². The van der Waals surface area contributed by atoms with Gasteiger partial charge in [0.1, 0.15) is 20.4 Å². The first-order valence-electron chi connectivity index (χ1n) is 6.84. The molecule has 2 heterocycles. The molecule has 32 heavy (non-hydrogen) atoms. The topological polar surface area (TPSA) is 423 Å². The zero-order valence-corrected chi connectivity index (χ0v) is 16.6. The summed E-state index contributed by atoms with van der Waals surface area (Å²) in [4.78, 5) is 62.9. The maximum atomic E-state index is 9.00. The molecule has 0 aliphatic rings. The van der Waals surface area contributed by atoms with Crippen LogP contribution in [0.1, 0.15) is 0 Å². The Kier molecular flexibility index (Phi) is 29.5. The smallest absolute Gasteiger partial charge is 0.309 e. The van der Waals surface area contributed by atoms with Gasteiger partial charge in [0.25, 0.3) is 0 Å². The van der Waals surface area contributed by atoms with Crippen molar-refractivity contribution in [2.75, 3.05) is 34.4 Å². The van der Waals surface area contributed by atoms with Gasteiger partial charge in [-0.2, -0.15) is 29.9 Å². The van der Waals surface area contributed by atoms with E-state index in [0.717, 1.165) is 0 Å². The van der Waals surface area contributed by atoms with Crippen molar-refractivity contribution in [1.82, 2.24) is 29.9 Å². The van der Waals surface area contributed by atoms with Gasteiger partial charge in [-0.3, -0.25) is 0 Å². The summed E-state index contributed by atoms with van der Waals surface area (Å²) in [5.41, 5.74) is 47.8. The van der Waals surface area contributed by atoms with Gasteiger partial charge in [0.15, 0.2) is 0 Å². The Labute approximate surface area is 180 Å². The van der Waals surface area contributed by atoms with Gasteiger partial charge in [0, 0.05) is 0 Å². The second kappa shape index (κ2) is 25.4. The molecule has 0 unspecified atom stereocenters. The van der Waals surface area contributed by atoms with Crippen molar-refractivity contribution in [3.05, 3.63) is 0 Å². The van der Waals surface area contributed by atoms with Crippen LogP contribution in [0.2, 0.25) is 0 Å². The van der Waals surface area contributed by atoms with Gasteiger partial charge in [0.2, 0.25) is 35.7 Å². The lowest BCUT2D eigenvalue weighted by molar-refractivity contribution is -0.0987. The molecule has 2 aromatic rings. The number of nitrogen functional groups attached to an aromatic ring is 6. The second-order valence-corrected chi connectivity index (χ2v) is 3.62. The highest BCUT2D eigenvalue weighted by Gasteiger charge is 1.94. The number of nitrogens with zero attached hydrogens (tertiary/aromatic N) is 6. The number of nitrogens with two attached hydrogens (primary N) is 10. The SMILES string of the molecule is C=O.C=O.C=O.NC(N)=O.NC(N)=O.Nc1nc(N)nc(N)n1.Nc1nc(N)nc(N)n1. The summed E-state index contributed by atoms with van der Waals surface area (Å²) in [6, 6.07) is -1.67. The van der Waals surface area contributed by atoms with Crippen molar-refractivity contribution in [3.63, 3.8) is 0 Å². The third kappa shape index (κ3) is 39.4. The Balaban J connectivity index is -0.0000000987. The largest absolute Gasteiger partial charge is 0.368 e. The number of carbonyl (C=O) groups is 5. The number of anilines is 6. The number of primary amides is 4. The first kappa shape index (κ1) is 37.2. The summed E-state index contributed by atoms with van der Waals surface area (Å²) < 4.78 is 0. The summed E-state index contributed by atoms with van der Waals surface area (Å²) >= 11 is 0. The molecule has 0 atom stereocenters. The molecule has 20 N–H and O–H groups in total. The molecular weight excluding hydrogens is 436 g/mol. The molecule has 21 nitrogen and oxygen atoms in total. The Morgan fingerprint density at radius 2 is 0.469 bits per heavy atom. The van der Waals surface area contributed by atoms with Crippen LogP contribution in [-0.4, -0.2) is 62.3 Å². The molecule has 0 aromatic carbocycles. The van der Waals surface area contributed by atoms with E-state index >= 15 is 0 Å². The van der Waals surface area contributed by atoms with E-state index in [-0.39, 0.29) is 35.7 Å². The van der Waals surface area contributed by atoms with Crippen LogP contribution in [0.25, 0.3) is 0 Å². The third-order valence-corrected chi connectivity index (χ3v) is 1.37. The van der Waals surface area contributed by atoms with Gasteiger partial charge in [-0.05, 0) is 0 Å². The summed E-state index contributed by atoms with van der Waals surface area (Å²) in [7, 11) is 0. The summed E-state index contributed by atoms with van der Waals surface area (Å²) in [5.74, 6) is 0.250. The van der Waals surface area contributed by atoms with Crippen LogP contribution >= 0.6 is 0 Å². The summed E-state index contributed by atoms with van der Waals surface area (Å²) in [5, 5.41) is 0. The van der Waals surface area contributed by atoms with E-state index in [1.165, 1.54) is 0 Å². The predicted octanol–water partition coefficient (Wildman–Crippen LogP) is -5.27. The molecular formula is C11H26N16O5. The zero-order valence-electron chi connectivity index (χ0n) is 16.6. The van der Waals surface area contributed by atoms with E-state index in [1.54, 1.807) is 0 Å². The van der Waals surface area contributed by atoms with E-state index in [0.29, 0.717) is 0 Å². The molecule has 0 saturated heterocycles. The van der Waals surface area contributed by atoms with Crippen LogP contribution in [0.4, 0.5) is 45.3 Å². The maximum absolute atomic E-state index is 9.00. The highest BCUT2D eigenvalue weighted by atomic mass is 16.2.